The zero-order valence-corrected chi connectivity index (χ0v) is 13.7. The number of rotatable bonds is 5. The molecule has 7 nitrogen and oxygen atoms in total. The van der Waals surface area contributed by atoms with Crippen LogP contribution in [0.25, 0.3) is 0 Å². The predicted molar refractivity (Wildman–Crippen MR) is 84.7 cm³/mol. The van der Waals surface area contributed by atoms with Crippen LogP contribution in [0.4, 0.5) is 4.79 Å². The summed E-state index contributed by atoms with van der Waals surface area (Å²) in [5.41, 5.74) is 1.82. The minimum Gasteiger partial charge on any atom is -0.383 e. The molecule has 0 bridgehead atoms. The monoisotopic (exact) mass is 317 g/mol. The molecule has 2 amide bonds. The highest BCUT2D eigenvalue weighted by molar-refractivity contribution is 5.77. The molecule has 2 saturated heterocycles. The van der Waals surface area contributed by atoms with Crippen molar-refractivity contribution in [1.29, 1.82) is 5.26 Å². The van der Waals surface area contributed by atoms with Crippen molar-refractivity contribution in [3.63, 3.8) is 0 Å². The van der Waals surface area contributed by atoms with Gasteiger partial charge in [0.2, 0.25) is 0 Å². The van der Waals surface area contributed by atoms with Crippen molar-refractivity contribution in [1.82, 2.24) is 19.7 Å². The molecule has 3 heterocycles. The molecule has 0 spiro atoms. The molecule has 3 rings (SSSR count). The van der Waals surface area contributed by atoms with E-state index < -0.39 is 0 Å². The molecular formula is C16H23N5O2. The van der Waals surface area contributed by atoms with Crippen LogP contribution in [0, 0.1) is 11.3 Å². The summed E-state index contributed by atoms with van der Waals surface area (Å²) >= 11 is 0. The van der Waals surface area contributed by atoms with Gasteiger partial charge in [-0.3, -0.25) is 4.90 Å². The number of urea groups is 1. The minimum absolute atomic E-state index is 0.0189. The number of aryl methyl sites for hydroxylation is 1. The van der Waals surface area contributed by atoms with E-state index in [1.165, 1.54) is 0 Å². The van der Waals surface area contributed by atoms with Crippen molar-refractivity contribution in [3.8, 4) is 6.07 Å². The molecule has 1 aromatic heterocycles. The number of fused-ring (bicyclic) bond motifs is 1. The summed E-state index contributed by atoms with van der Waals surface area (Å²) in [5, 5.41) is 12.1. The molecular weight excluding hydrogens is 294 g/mol. The fourth-order valence-electron chi connectivity index (χ4n) is 3.60. The Balaban J connectivity index is 1.60. The average molecular weight is 317 g/mol. The normalized spacial score (nSPS) is 24.4. The molecule has 0 saturated carbocycles. The molecule has 2 atom stereocenters. The van der Waals surface area contributed by atoms with Gasteiger partial charge in [0, 0.05) is 46.5 Å². The number of nitrogens with zero attached hydrogens (tertiary/aromatic N) is 4. The lowest BCUT2D eigenvalue weighted by atomic mass is 9.99. The fraction of sp³-hybridized carbons (Fsp3) is 0.625. The number of carbonyl (C=O) groups is 1. The quantitative estimate of drug-likeness (QED) is 0.859. The van der Waals surface area contributed by atoms with Crippen LogP contribution in [0.2, 0.25) is 0 Å². The number of methoxy groups -OCH3 is 1. The maximum Gasteiger partial charge on any atom is 0.318 e. The lowest BCUT2D eigenvalue weighted by molar-refractivity contribution is 0.111. The summed E-state index contributed by atoms with van der Waals surface area (Å²) < 4.78 is 6.95. The van der Waals surface area contributed by atoms with Gasteiger partial charge in [-0.05, 0) is 18.1 Å². The molecule has 0 aliphatic carbocycles. The third-order valence-electron chi connectivity index (χ3n) is 4.75. The number of amides is 2. The summed E-state index contributed by atoms with van der Waals surface area (Å²) in [5.74, 6) is 0. The smallest absolute Gasteiger partial charge is 0.318 e. The van der Waals surface area contributed by atoms with E-state index in [0.29, 0.717) is 18.8 Å². The molecule has 0 unspecified atom stereocenters. The van der Waals surface area contributed by atoms with Crippen molar-refractivity contribution >= 4 is 6.03 Å². The SMILES string of the molecule is COCCN1C(=O)N[C@@H]2CN(Cc3cc(C#N)n(C)c3)CC[C@@H]21. The van der Waals surface area contributed by atoms with Crippen molar-refractivity contribution in [2.45, 2.75) is 25.0 Å². The van der Waals surface area contributed by atoms with Crippen LogP contribution in [0.15, 0.2) is 12.3 Å². The molecule has 0 radical (unpaired) electrons. The molecule has 124 valence electrons. The van der Waals surface area contributed by atoms with Crippen LogP contribution >= 0.6 is 0 Å². The molecule has 1 N–H and O–H groups in total. The van der Waals surface area contributed by atoms with Gasteiger partial charge in [-0.2, -0.15) is 5.26 Å². The van der Waals surface area contributed by atoms with Gasteiger partial charge in [0.25, 0.3) is 0 Å². The Morgan fingerprint density at radius 3 is 3.04 bits per heavy atom. The topological polar surface area (TPSA) is 73.5 Å². The number of likely N-dealkylation sites (tertiary alicyclic amines) is 1. The van der Waals surface area contributed by atoms with E-state index in [2.05, 4.69) is 16.3 Å². The van der Waals surface area contributed by atoms with Gasteiger partial charge in [-0.15, -0.1) is 0 Å². The van der Waals surface area contributed by atoms with Crippen molar-refractivity contribution < 1.29 is 9.53 Å². The van der Waals surface area contributed by atoms with Crippen LogP contribution in [0.3, 0.4) is 0 Å². The van der Waals surface area contributed by atoms with Crippen LogP contribution < -0.4 is 5.32 Å². The first kappa shape index (κ1) is 15.8. The molecule has 23 heavy (non-hydrogen) atoms. The van der Waals surface area contributed by atoms with Crippen molar-refractivity contribution in [2.24, 2.45) is 7.05 Å². The van der Waals surface area contributed by atoms with Gasteiger partial charge in [0.15, 0.2) is 0 Å². The Morgan fingerprint density at radius 2 is 2.35 bits per heavy atom. The number of piperidine rings is 1. The highest BCUT2D eigenvalue weighted by atomic mass is 16.5. The molecule has 7 heteroatoms. The highest BCUT2D eigenvalue weighted by Gasteiger charge is 2.42. The highest BCUT2D eigenvalue weighted by Crippen LogP contribution is 2.24. The van der Waals surface area contributed by atoms with E-state index in [1.54, 1.807) is 7.11 Å². The number of nitrogens with one attached hydrogen (secondary N) is 1. The van der Waals surface area contributed by atoms with Crippen molar-refractivity contribution in [3.05, 3.63) is 23.5 Å². The third kappa shape index (κ3) is 3.19. The molecule has 2 aliphatic rings. The zero-order chi connectivity index (χ0) is 16.4. The third-order valence-corrected chi connectivity index (χ3v) is 4.75. The van der Waals surface area contributed by atoms with Gasteiger partial charge in [-0.1, -0.05) is 0 Å². The first-order valence-electron chi connectivity index (χ1n) is 7.96. The van der Waals surface area contributed by atoms with E-state index >= 15 is 0 Å². The Bertz CT molecular complexity index is 620. The summed E-state index contributed by atoms with van der Waals surface area (Å²) in [4.78, 5) is 16.3. The first-order chi connectivity index (χ1) is 11.1. The summed E-state index contributed by atoms with van der Waals surface area (Å²) in [6.07, 6.45) is 2.97. The Hall–Kier alpha value is -2.04. The Morgan fingerprint density at radius 1 is 1.52 bits per heavy atom. The van der Waals surface area contributed by atoms with E-state index in [-0.39, 0.29) is 18.1 Å². The zero-order valence-electron chi connectivity index (χ0n) is 13.7. The van der Waals surface area contributed by atoms with Crippen molar-refractivity contribution in [2.75, 3.05) is 33.4 Å². The maximum atomic E-state index is 12.1. The summed E-state index contributed by atoms with van der Waals surface area (Å²) in [6, 6.07) is 4.58. The lowest BCUT2D eigenvalue weighted by Gasteiger charge is -2.36. The Labute approximate surface area is 136 Å². The predicted octanol–water partition coefficient (Wildman–Crippen LogP) is 0.511. The number of ether oxygens (including phenoxy) is 1. The summed E-state index contributed by atoms with van der Waals surface area (Å²) in [6.45, 7) is 3.83. The number of hydrogen-bond donors (Lipinski definition) is 1. The van der Waals surface area contributed by atoms with Crippen LogP contribution in [0.1, 0.15) is 17.7 Å². The van der Waals surface area contributed by atoms with Gasteiger partial charge in [-0.25, -0.2) is 4.79 Å². The average Bonchev–Trinajstić information content (AvgIpc) is 3.03. The van der Waals surface area contributed by atoms with E-state index in [9.17, 15) is 4.79 Å². The molecule has 1 aromatic rings. The summed E-state index contributed by atoms with van der Waals surface area (Å²) in [7, 11) is 3.54. The van der Waals surface area contributed by atoms with Crippen LogP contribution in [-0.2, 0) is 18.3 Å². The van der Waals surface area contributed by atoms with E-state index in [1.807, 2.05) is 28.8 Å². The van der Waals surface area contributed by atoms with E-state index in [4.69, 9.17) is 10.00 Å². The maximum absolute atomic E-state index is 12.1. The van der Waals surface area contributed by atoms with Gasteiger partial charge in [0.05, 0.1) is 18.7 Å². The molecule has 0 aromatic carbocycles. The van der Waals surface area contributed by atoms with Gasteiger partial charge < -0.3 is 19.5 Å². The fourth-order valence-corrected chi connectivity index (χ4v) is 3.60. The van der Waals surface area contributed by atoms with Gasteiger partial charge in [0.1, 0.15) is 11.8 Å². The molecule has 2 aliphatic heterocycles. The number of nitriles is 1. The lowest BCUT2D eigenvalue weighted by Crippen LogP contribution is -2.51. The molecule has 2 fully saturated rings. The largest absolute Gasteiger partial charge is 0.383 e. The second-order valence-electron chi connectivity index (χ2n) is 6.29. The second-order valence-corrected chi connectivity index (χ2v) is 6.29. The first-order valence-corrected chi connectivity index (χ1v) is 7.96. The second kappa shape index (κ2) is 6.60. The van der Waals surface area contributed by atoms with Crippen LogP contribution in [-0.4, -0.2) is 65.8 Å². The minimum atomic E-state index is 0.0189. The number of carbonyl (C=O) groups excluding carboxylic acids is 1. The number of aromatic nitrogens is 1. The van der Waals surface area contributed by atoms with Gasteiger partial charge >= 0.3 is 6.03 Å². The number of hydrogen-bond acceptors (Lipinski definition) is 4. The van der Waals surface area contributed by atoms with E-state index in [0.717, 1.165) is 31.6 Å². The Kier molecular flexibility index (Phi) is 4.55. The standard InChI is InChI=1S/C16H23N5O2/c1-19-9-12(7-13(19)8-17)10-20-4-3-15-14(11-20)18-16(22)21(15)5-6-23-2/h7,9,14-15H,3-6,10-11H2,1-2H3,(H,18,22)/t14-,15+/m1/s1. The van der Waals surface area contributed by atoms with Crippen LogP contribution in [0.5, 0.6) is 0 Å².